The van der Waals surface area contributed by atoms with Gasteiger partial charge in [0, 0.05) is 29.9 Å². The number of carbonyl (C=O) groups excluding carboxylic acids is 2. The Balaban J connectivity index is 2.50. The van der Waals surface area contributed by atoms with E-state index in [4.69, 9.17) is 12.2 Å². The number of rotatable bonds is 10. The van der Waals surface area contributed by atoms with Crippen LogP contribution >= 0.6 is 12.2 Å². The minimum absolute atomic E-state index is 0.175. The highest BCUT2D eigenvalue weighted by molar-refractivity contribution is 7.81. The number of likely N-dealkylation sites (tertiary alicyclic amines) is 1. The summed E-state index contributed by atoms with van der Waals surface area (Å²) in [5, 5.41) is 14.7. The number of hydrogen-bond acceptors (Lipinski definition) is 7. The fourth-order valence-corrected chi connectivity index (χ4v) is 4.09. The van der Waals surface area contributed by atoms with E-state index in [-0.39, 0.29) is 22.2 Å². The Labute approximate surface area is 229 Å². The van der Waals surface area contributed by atoms with Gasteiger partial charge in [-0.3, -0.25) is 14.6 Å². The third-order valence-corrected chi connectivity index (χ3v) is 7.11. The molecule has 4 atom stereocenters. The number of aromatic nitrogens is 1. The Morgan fingerprint density at radius 1 is 1.23 bits per heavy atom. The van der Waals surface area contributed by atoms with Crippen molar-refractivity contribution < 1.29 is 36.6 Å². The highest BCUT2D eigenvalue weighted by Gasteiger charge is 2.38. The Kier molecular flexibility index (Phi) is 10.5. The number of pyridine rings is 1. The Bertz CT molecular complexity index is 1110. The van der Waals surface area contributed by atoms with E-state index in [9.17, 15) is 36.6 Å². The quantitative estimate of drug-likeness (QED) is 0.166. The van der Waals surface area contributed by atoms with Gasteiger partial charge >= 0.3 is 6.18 Å². The maximum absolute atomic E-state index is 14.1. The van der Waals surface area contributed by atoms with E-state index in [0.29, 0.717) is 19.4 Å². The molecule has 1 saturated heterocycles. The maximum Gasteiger partial charge on any atom is 0.408 e. The van der Waals surface area contributed by atoms with Gasteiger partial charge in [0.1, 0.15) is 11.9 Å². The van der Waals surface area contributed by atoms with Gasteiger partial charge < -0.3 is 20.6 Å². The second kappa shape index (κ2) is 12.6. The molecule has 2 rings (SSSR count). The van der Waals surface area contributed by atoms with Gasteiger partial charge in [0.25, 0.3) is 18.2 Å². The molecule has 1 unspecified atom stereocenters. The topological polar surface area (TPSA) is 107 Å². The standard InChI is InChI=1S/C25H34F5N5O3S/c1-12-8-7-9-35(12)23(37)19(32-13(2)22(36)34-14(3)24(5,6)38)20(39)17-11-31-18(10-16(17)21(26)27)33-15(4)25(28,29)30/h10-12,14-15,19,21,38H,7-9H2,1-6H3,(H,31,33)(H,34,36)/t12-,14+,15-,19?/m0/s1. The minimum Gasteiger partial charge on any atom is -0.388 e. The van der Waals surface area contributed by atoms with Gasteiger partial charge in [-0.25, -0.2) is 13.8 Å². The van der Waals surface area contributed by atoms with Crippen molar-refractivity contribution in [1.82, 2.24) is 15.2 Å². The van der Waals surface area contributed by atoms with Crippen molar-refractivity contribution in [3.8, 4) is 0 Å². The summed E-state index contributed by atoms with van der Waals surface area (Å²) in [6, 6.07) is -3.72. The molecule has 1 aromatic heterocycles. The molecule has 0 bridgehead atoms. The third-order valence-electron chi connectivity index (χ3n) is 6.67. The fraction of sp³-hybridized carbons (Fsp3) is 0.640. The number of aliphatic imine (C=N–C) groups is 1. The molecule has 0 aliphatic carbocycles. The number of hydrogen-bond donors (Lipinski definition) is 3. The number of carbonyl (C=O) groups is 2. The first-order valence-corrected chi connectivity index (χ1v) is 12.8. The van der Waals surface area contributed by atoms with Crippen molar-refractivity contribution in [3.63, 3.8) is 0 Å². The second-order valence-electron chi connectivity index (χ2n) is 10.2. The molecule has 14 heteroatoms. The average molecular weight is 580 g/mol. The van der Waals surface area contributed by atoms with Crippen LogP contribution < -0.4 is 10.6 Å². The summed E-state index contributed by atoms with van der Waals surface area (Å²) in [6.07, 6.45) is -5.51. The van der Waals surface area contributed by atoms with Gasteiger partial charge in [0.05, 0.1) is 22.2 Å². The van der Waals surface area contributed by atoms with Crippen LogP contribution in [-0.4, -0.2) is 79.9 Å². The minimum atomic E-state index is -4.64. The lowest BCUT2D eigenvalue weighted by Gasteiger charge is -2.28. The molecule has 1 aromatic rings. The van der Waals surface area contributed by atoms with Gasteiger partial charge in [0.2, 0.25) is 0 Å². The summed E-state index contributed by atoms with van der Waals surface area (Å²) in [6.45, 7) is 8.89. The van der Waals surface area contributed by atoms with Crippen LogP contribution in [0.5, 0.6) is 0 Å². The first-order valence-electron chi connectivity index (χ1n) is 12.4. The molecule has 0 saturated carbocycles. The number of alkyl halides is 5. The molecule has 0 spiro atoms. The maximum atomic E-state index is 14.1. The zero-order valence-electron chi connectivity index (χ0n) is 22.6. The van der Waals surface area contributed by atoms with Gasteiger partial charge in [-0.15, -0.1) is 0 Å². The summed E-state index contributed by atoms with van der Waals surface area (Å²) in [5.41, 5.74) is -2.50. The van der Waals surface area contributed by atoms with E-state index >= 15 is 0 Å². The van der Waals surface area contributed by atoms with Crippen molar-refractivity contribution in [2.24, 2.45) is 4.99 Å². The van der Waals surface area contributed by atoms with Crippen LogP contribution in [0.25, 0.3) is 0 Å². The number of aliphatic hydroxyl groups is 1. The molecular formula is C25H34F5N5O3S. The first kappa shape index (κ1) is 32.5. The van der Waals surface area contributed by atoms with Crippen LogP contribution in [0, 0.1) is 0 Å². The highest BCUT2D eigenvalue weighted by atomic mass is 32.1. The Morgan fingerprint density at radius 3 is 2.33 bits per heavy atom. The number of nitrogens with zero attached hydrogens (tertiary/aromatic N) is 3. The smallest absolute Gasteiger partial charge is 0.388 e. The molecule has 8 nitrogen and oxygen atoms in total. The molecule has 39 heavy (non-hydrogen) atoms. The number of thiocarbonyl (C=S) groups is 1. The molecule has 0 radical (unpaired) electrons. The highest BCUT2D eigenvalue weighted by Crippen LogP contribution is 2.30. The predicted molar refractivity (Wildman–Crippen MR) is 141 cm³/mol. The third kappa shape index (κ3) is 8.37. The van der Waals surface area contributed by atoms with Crippen LogP contribution in [0.3, 0.4) is 0 Å². The molecule has 2 heterocycles. The monoisotopic (exact) mass is 579 g/mol. The van der Waals surface area contributed by atoms with E-state index in [1.807, 2.05) is 12.2 Å². The van der Waals surface area contributed by atoms with E-state index in [1.165, 1.54) is 25.7 Å². The summed E-state index contributed by atoms with van der Waals surface area (Å²) >= 11 is 5.44. The van der Waals surface area contributed by atoms with Crippen molar-refractivity contribution in [1.29, 1.82) is 0 Å². The van der Waals surface area contributed by atoms with Gasteiger partial charge in [-0.1, -0.05) is 12.2 Å². The second-order valence-corrected chi connectivity index (χ2v) is 10.7. The zero-order valence-corrected chi connectivity index (χ0v) is 23.4. The zero-order chi connectivity index (χ0) is 29.9. The lowest BCUT2D eigenvalue weighted by Crippen LogP contribution is -2.49. The summed E-state index contributed by atoms with van der Waals surface area (Å²) in [5.74, 6) is -1.74. The van der Waals surface area contributed by atoms with Crippen molar-refractivity contribution in [2.45, 2.75) is 96.8 Å². The van der Waals surface area contributed by atoms with Gasteiger partial charge in [-0.05, 0) is 60.5 Å². The molecule has 3 N–H and O–H groups in total. The fourth-order valence-electron chi connectivity index (χ4n) is 3.76. The lowest BCUT2D eigenvalue weighted by atomic mass is 10.00. The number of nitrogens with one attached hydrogen (secondary N) is 2. The van der Waals surface area contributed by atoms with Crippen molar-refractivity contribution in [2.75, 3.05) is 11.9 Å². The summed E-state index contributed by atoms with van der Waals surface area (Å²) < 4.78 is 66.9. The molecule has 0 aromatic carbocycles. The average Bonchev–Trinajstić information content (AvgIpc) is 3.25. The number of amides is 2. The van der Waals surface area contributed by atoms with Crippen LogP contribution in [0.2, 0.25) is 0 Å². The van der Waals surface area contributed by atoms with Crippen LogP contribution in [0.4, 0.5) is 27.8 Å². The number of halogens is 5. The number of anilines is 1. The van der Waals surface area contributed by atoms with Crippen LogP contribution in [0.15, 0.2) is 17.3 Å². The summed E-state index contributed by atoms with van der Waals surface area (Å²) in [7, 11) is 0. The molecule has 1 fully saturated rings. The van der Waals surface area contributed by atoms with Crippen molar-refractivity contribution in [3.05, 3.63) is 23.4 Å². The van der Waals surface area contributed by atoms with Crippen LogP contribution in [-0.2, 0) is 9.59 Å². The largest absolute Gasteiger partial charge is 0.408 e. The predicted octanol–water partition coefficient (Wildman–Crippen LogP) is 4.22. The van der Waals surface area contributed by atoms with Crippen LogP contribution in [0.1, 0.15) is 71.9 Å². The van der Waals surface area contributed by atoms with E-state index in [0.717, 1.165) is 19.2 Å². The van der Waals surface area contributed by atoms with E-state index in [1.54, 1.807) is 6.92 Å². The normalized spacial score (nSPS) is 19.1. The lowest BCUT2D eigenvalue weighted by molar-refractivity contribution is -0.138. The first-order chi connectivity index (χ1) is 17.8. The van der Waals surface area contributed by atoms with Gasteiger partial charge in [0.15, 0.2) is 6.04 Å². The molecule has 2 amide bonds. The Hall–Kier alpha value is -2.74. The molecule has 1 aliphatic rings. The van der Waals surface area contributed by atoms with Gasteiger partial charge in [-0.2, -0.15) is 13.2 Å². The Morgan fingerprint density at radius 2 is 1.85 bits per heavy atom. The SMILES string of the molecule is CC(=NC(C(=O)N1CCC[C@@H]1C)C(=S)c1cnc(N[C@@H](C)C(F)(F)F)cc1C(F)F)C(=O)N[C@H](C)C(C)(C)O. The van der Waals surface area contributed by atoms with Crippen molar-refractivity contribution >= 4 is 40.4 Å². The van der Waals surface area contributed by atoms with E-state index < -0.39 is 59.5 Å². The van der Waals surface area contributed by atoms with E-state index in [2.05, 4.69) is 15.3 Å². The molecule has 1 aliphatic heterocycles. The summed E-state index contributed by atoms with van der Waals surface area (Å²) in [4.78, 5) is 35.5. The molecule has 218 valence electrons. The molecular weight excluding hydrogens is 545 g/mol.